The molecule has 4 nitrogen and oxygen atoms in total. The molecule has 23 heavy (non-hydrogen) atoms. The Balaban J connectivity index is 2.67. The topological polar surface area (TPSA) is 52.6 Å². The molecule has 0 saturated heterocycles. The first-order valence-electron chi connectivity index (χ1n) is 8.33. The zero-order valence-electron chi connectivity index (χ0n) is 14.5. The summed E-state index contributed by atoms with van der Waals surface area (Å²) in [4.78, 5) is 24.4. The van der Waals surface area contributed by atoms with Crippen LogP contribution < -0.4 is 0 Å². The van der Waals surface area contributed by atoms with Crippen LogP contribution in [0.15, 0.2) is 0 Å². The SMILES string of the molecule is CCC1(OC(=O)C(C)(CC)CC(=O)OCC(C)(F)F)CCCC1. The predicted molar refractivity (Wildman–Crippen MR) is 82.2 cm³/mol. The average molecular weight is 334 g/mol. The molecule has 1 saturated carbocycles. The normalized spacial score (nSPS) is 19.9. The maximum absolute atomic E-state index is 12.8. The summed E-state index contributed by atoms with van der Waals surface area (Å²) in [6, 6.07) is 0. The van der Waals surface area contributed by atoms with E-state index in [4.69, 9.17) is 4.74 Å². The van der Waals surface area contributed by atoms with E-state index < -0.39 is 35.5 Å². The van der Waals surface area contributed by atoms with Crippen LogP contribution in [0.4, 0.5) is 8.78 Å². The molecule has 0 aromatic carbocycles. The molecule has 1 atom stereocenters. The predicted octanol–water partition coefficient (Wildman–Crippen LogP) is 4.26. The standard InChI is InChI=1S/C17H28F2O4/c1-5-15(3,11-13(20)22-12-16(4,18)19)14(21)23-17(6-2)9-7-8-10-17/h5-12H2,1-4H3. The van der Waals surface area contributed by atoms with E-state index in [9.17, 15) is 18.4 Å². The molecule has 1 unspecified atom stereocenters. The molecular weight excluding hydrogens is 306 g/mol. The molecule has 0 heterocycles. The Bertz CT molecular complexity index is 425. The van der Waals surface area contributed by atoms with Crippen LogP contribution in [0.1, 0.15) is 72.6 Å². The molecular formula is C17H28F2O4. The summed E-state index contributed by atoms with van der Waals surface area (Å²) in [5.74, 6) is -4.32. The minimum atomic E-state index is -3.07. The van der Waals surface area contributed by atoms with Crippen molar-refractivity contribution in [2.45, 2.75) is 84.2 Å². The van der Waals surface area contributed by atoms with Crippen molar-refractivity contribution in [1.29, 1.82) is 0 Å². The van der Waals surface area contributed by atoms with E-state index in [1.165, 1.54) is 0 Å². The molecule has 1 fully saturated rings. The van der Waals surface area contributed by atoms with Crippen molar-refractivity contribution < 1.29 is 27.8 Å². The summed E-state index contributed by atoms with van der Waals surface area (Å²) < 4.78 is 35.8. The monoisotopic (exact) mass is 334 g/mol. The van der Waals surface area contributed by atoms with Crippen molar-refractivity contribution in [1.82, 2.24) is 0 Å². The van der Waals surface area contributed by atoms with Crippen molar-refractivity contribution in [3.63, 3.8) is 0 Å². The average Bonchev–Trinajstić information content (AvgIpc) is 2.93. The van der Waals surface area contributed by atoms with Crippen molar-refractivity contribution in [3.8, 4) is 0 Å². The highest BCUT2D eigenvalue weighted by Crippen LogP contribution is 2.39. The van der Waals surface area contributed by atoms with Gasteiger partial charge in [-0.15, -0.1) is 0 Å². The van der Waals surface area contributed by atoms with E-state index in [1.807, 2.05) is 6.92 Å². The van der Waals surface area contributed by atoms with Crippen LogP contribution in [0.2, 0.25) is 0 Å². The van der Waals surface area contributed by atoms with E-state index in [1.54, 1.807) is 13.8 Å². The first-order valence-corrected chi connectivity index (χ1v) is 8.33. The summed E-state index contributed by atoms with van der Waals surface area (Å²) in [6.45, 7) is 5.09. The van der Waals surface area contributed by atoms with Gasteiger partial charge in [-0.3, -0.25) is 9.59 Å². The molecule has 0 aromatic rings. The highest BCUT2D eigenvalue weighted by atomic mass is 19.3. The maximum Gasteiger partial charge on any atom is 0.312 e. The summed E-state index contributed by atoms with van der Waals surface area (Å²) in [7, 11) is 0. The van der Waals surface area contributed by atoms with Crippen LogP contribution in [0.25, 0.3) is 0 Å². The zero-order valence-corrected chi connectivity index (χ0v) is 14.5. The molecule has 0 spiro atoms. The molecule has 0 aliphatic heterocycles. The second-order valence-electron chi connectivity index (χ2n) is 6.96. The van der Waals surface area contributed by atoms with Gasteiger partial charge in [-0.1, -0.05) is 13.8 Å². The number of rotatable bonds is 8. The van der Waals surface area contributed by atoms with Gasteiger partial charge >= 0.3 is 11.9 Å². The smallest absolute Gasteiger partial charge is 0.312 e. The van der Waals surface area contributed by atoms with E-state index in [0.29, 0.717) is 13.3 Å². The molecule has 0 N–H and O–H groups in total. The third-order valence-corrected chi connectivity index (χ3v) is 4.76. The zero-order chi connectivity index (χ0) is 17.7. The minimum Gasteiger partial charge on any atom is -0.459 e. The lowest BCUT2D eigenvalue weighted by molar-refractivity contribution is -0.177. The van der Waals surface area contributed by atoms with Gasteiger partial charge in [0, 0.05) is 6.92 Å². The Morgan fingerprint density at radius 1 is 1.13 bits per heavy atom. The number of carbonyl (C=O) groups is 2. The highest BCUT2D eigenvalue weighted by molar-refractivity contribution is 5.83. The molecule has 6 heteroatoms. The Hall–Kier alpha value is -1.20. The lowest BCUT2D eigenvalue weighted by Crippen LogP contribution is -2.40. The van der Waals surface area contributed by atoms with Gasteiger partial charge in [-0.2, -0.15) is 0 Å². The summed E-state index contributed by atoms with van der Waals surface area (Å²) in [5, 5.41) is 0. The third kappa shape index (κ3) is 5.74. The Morgan fingerprint density at radius 2 is 1.70 bits per heavy atom. The third-order valence-electron chi connectivity index (χ3n) is 4.76. The van der Waals surface area contributed by atoms with Gasteiger partial charge in [0.1, 0.15) is 5.60 Å². The van der Waals surface area contributed by atoms with E-state index >= 15 is 0 Å². The maximum atomic E-state index is 12.8. The molecule has 0 amide bonds. The van der Waals surface area contributed by atoms with Crippen LogP contribution in [0.3, 0.4) is 0 Å². The number of ether oxygens (including phenoxy) is 2. The molecule has 1 aliphatic rings. The summed E-state index contributed by atoms with van der Waals surface area (Å²) >= 11 is 0. The number of alkyl halides is 2. The summed E-state index contributed by atoms with van der Waals surface area (Å²) in [6.07, 6.45) is 4.59. The highest BCUT2D eigenvalue weighted by Gasteiger charge is 2.43. The number of esters is 2. The molecule has 0 bridgehead atoms. The van der Waals surface area contributed by atoms with Gasteiger partial charge < -0.3 is 9.47 Å². The number of hydrogen-bond donors (Lipinski definition) is 0. The number of halogens is 2. The van der Waals surface area contributed by atoms with Crippen molar-refractivity contribution in [2.24, 2.45) is 5.41 Å². The van der Waals surface area contributed by atoms with Crippen molar-refractivity contribution >= 4 is 11.9 Å². The number of hydrogen-bond acceptors (Lipinski definition) is 4. The van der Waals surface area contributed by atoms with Gasteiger partial charge in [0.2, 0.25) is 0 Å². The lowest BCUT2D eigenvalue weighted by Gasteiger charge is -2.33. The molecule has 134 valence electrons. The van der Waals surface area contributed by atoms with Crippen LogP contribution in [0.5, 0.6) is 0 Å². The van der Waals surface area contributed by atoms with Crippen LogP contribution in [-0.2, 0) is 19.1 Å². The van der Waals surface area contributed by atoms with Crippen LogP contribution >= 0.6 is 0 Å². The largest absolute Gasteiger partial charge is 0.459 e. The number of carbonyl (C=O) groups excluding carboxylic acids is 2. The Morgan fingerprint density at radius 3 is 2.13 bits per heavy atom. The molecule has 1 rings (SSSR count). The molecule has 0 radical (unpaired) electrons. The Kier molecular flexibility index (Phi) is 6.54. The fourth-order valence-corrected chi connectivity index (χ4v) is 2.79. The van der Waals surface area contributed by atoms with Gasteiger partial charge in [-0.25, -0.2) is 8.78 Å². The van der Waals surface area contributed by atoms with Crippen molar-refractivity contribution in [3.05, 3.63) is 0 Å². The fraction of sp³-hybridized carbons (Fsp3) is 0.882. The van der Waals surface area contributed by atoms with Gasteiger partial charge in [0.05, 0.1) is 11.8 Å². The minimum absolute atomic E-state index is 0.252. The van der Waals surface area contributed by atoms with Crippen LogP contribution in [-0.4, -0.2) is 30.1 Å². The second kappa shape index (κ2) is 7.58. The van der Waals surface area contributed by atoms with E-state index in [-0.39, 0.29) is 6.42 Å². The Labute approximate surface area is 136 Å². The summed E-state index contributed by atoms with van der Waals surface area (Å²) in [5.41, 5.74) is -1.49. The van der Waals surface area contributed by atoms with Gasteiger partial charge in [0.15, 0.2) is 6.61 Å². The molecule has 0 aromatic heterocycles. The first-order chi connectivity index (χ1) is 10.6. The fourth-order valence-electron chi connectivity index (χ4n) is 2.79. The van der Waals surface area contributed by atoms with E-state index in [0.717, 1.165) is 32.1 Å². The van der Waals surface area contributed by atoms with Crippen LogP contribution in [0, 0.1) is 5.41 Å². The lowest BCUT2D eigenvalue weighted by atomic mass is 9.83. The van der Waals surface area contributed by atoms with Crippen molar-refractivity contribution in [2.75, 3.05) is 6.61 Å². The van der Waals surface area contributed by atoms with Gasteiger partial charge in [-0.05, 0) is 45.4 Å². The molecule has 1 aliphatic carbocycles. The quantitative estimate of drug-likeness (QED) is 0.623. The van der Waals surface area contributed by atoms with Gasteiger partial charge in [0.25, 0.3) is 5.92 Å². The van der Waals surface area contributed by atoms with E-state index in [2.05, 4.69) is 4.74 Å². The second-order valence-corrected chi connectivity index (χ2v) is 6.96. The first kappa shape index (κ1) is 19.8.